The van der Waals surface area contributed by atoms with Crippen molar-refractivity contribution in [1.82, 2.24) is 4.90 Å². The molecule has 2 aliphatic carbocycles. The van der Waals surface area contributed by atoms with E-state index in [2.05, 4.69) is 12.2 Å². The van der Waals surface area contributed by atoms with Crippen molar-refractivity contribution in [3.63, 3.8) is 0 Å². The van der Waals surface area contributed by atoms with Crippen molar-refractivity contribution in [2.75, 3.05) is 13.2 Å². The van der Waals surface area contributed by atoms with Crippen LogP contribution in [0, 0.1) is 5.41 Å². The van der Waals surface area contributed by atoms with Gasteiger partial charge in [-0.25, -0.2) is 4.79 Å². The topological polar surface area (TPSA) is 60.8 Å². The van der Waals surface area contributed by atoms with E-state index in [0.29, 0.717) is 18.4 Å². The first kappa shape index (κ1) is 12.7. The zero-order valence-electron chi connectivity index (χ0n) is 11.1. The molecule has 1 amide bonds. The second kappa shape index (κ2) is 4.67. The van der Waals surface area contributed by atoms with E-state index < -0.39 is 6.09 Å². The molecule has 1 aliphatic heterocycles. The molecule has 1 saturated heterocycles. The van der Waals surface area contributed by atoms with Crippen LogP contribution in [0.15, 0.2) is 23.3 Å². The fourth-order valence-corrected chi connectivity index (χ4v) is 3.30. The van der Waals surface area contributed by atoms with Gasteiger partial charge >= 0.3 is 6.09 Å². The predicted octanol–water partition coefficient (Wildman–Crippen LogP) is 2.55. The Hall–Kier alpha value is -1.29. The summed E-state index contributed by atoms with van der Waals surface area (Å²) in [6.45, 7) is 0.356. The molecular formula is C15H21NO3. The molecule has 1 heterocycles. The van der Waals surface area contributed by atoms with Crippen LogP contribution >= 0.6 is 0 Å². The molecule has 0 unspecified atom stereocenters. The zero-order valence-corrected chi connectivity index (χ0v) is 11.1. The standard InChI is InChI=1S/C15H21NO3/c17-10-13-8-12(9-16(13)14(18)19)7-11-1-3-15(4-2-11)5-6-15/h1,7,13,17H,2-6,8-10H2,(H,18,19)/b12-7-/t13-/m0/s1. The van der Waals surface area contributed by atoms with Gasteiger partial charge in [0.25, 0.3) is 0 Å². The lowest BCUT2D eigenvalue weighted by atomic mass is 9.86. The van der Waals surface area contributed by atoms with E-state index in [0.717, 1.165) is 12.0 Å². The van der Waals surface area contributed by atoms with Crippen molar-refractivity contribution in [2.24, 2.45) is 5.41 Å². The minimum absolute atomic E-state index is 0.0915. The van der Waals surface area contributed by atoms with Crippen molar-refractivity contribution in [2.45, 2.75) is 44.6 Å². The second-order valence-electron chi connectivity index (χ2n) is 6.24. The molecule has 19 heavy (non-hydrogen) atoms. The Morgan fingerprint density at radius 1 is 1.47 bits per heavy atom. The van der Waals surface area contributed by atoms with Crippen molar-refractivity contribution in [3.05, 3.63) is 23.3 Å². The fraction of sp³-hybridized carbons (Fsp3) is 0.667. The average Bonchev–Trinajstić information content (AvgIpc) is 3.02. The highest BCUT2D eigenvalue weighted by Gasteiger charge is 2.42. The summed E-state index contributed by atoms with van der Waals surface area (Å²) in [5.41, 5.74) is 3.13. The molecule has 104 valence electrons. The summed E-state index contributed by atoms with van der Waals surface area (Å²) in [5.74, 6) is 0. The third kappa shape index (κ3) is 2.54. The summed E-state index contributed by atoms with van der Waals surface area (Å²) >= 11 is 0. The van der Waals surface area contributed by atoms with E-state index in [1.165, 1.54) is 36.2 Å². The van der Waals surface area contributed by atoms with Crippen LogP contribution in [0.5, 0.6) is 0 Å². The number of carboxylic acid groups (broad SMARTS) is 1. The Bertz CT molecular complexity index is 448. The Morgan fingerprint density at radius 2 is 2.26 bits per heavy atom. The zero-order chi connectivity index (χ0) is 13.5. The second-order valence-corrected chi connectivity index (χ2v) is 6.24. The highest BCUT2D eigenvalue weighted by molar-refractivity contribution is 5.67. The van der Waals surface area contributed by atoms with Gasteiger partial charge in [0.05, 0.1) is 12.6 Å². The lowest BCUT2D eigenvalue weighted by molar-refractivity contribution is 0.118. The largest absolute Gasteiger partial charge is 0.465 e. The van der Waals surface area contributed by atoms with E-state index in [-0.39, 0.29) is 12.6 Å². The summed E-state index contributed by atoms with van der Waals surface area (Å²) in [6, 6.07) is -0.261. The van der Waals surface area contributed by atoms with Crippen LogP contribution in [-0.4, -0.2) is 40.4 Å². The third-order valence-corrected chi connectivity index (χ3v) is 4.86. The van der Waals surface area contributed by atoms with E-state index >= 15 is 0 Å². The summed E-state index contributed by atoms with van der Waals surface area (Å²) in [6.07, 6.45) is 10.6. The van der Waals surface area contributed by atoms with Gasteiger partial charge < -0.3 is 10.2 Å². The van der Waals surface area contributed by atoms with Crippen LogP contribution < -0.4 is 0 Å². The summed E-state index contributed by atoms with van der Waals surface area (Å²) < 4.78 is 0. The molecule has 1 saturated carbocycles. The van der Waals surface area contributed by atoms with Gasteiger partial charge in [-0.3, -0.25) is 4.90 Å². The number of hydrogen-bond acceptors (Lipinski definition) is 2. The van der Waals surface area contributed by atoms with E-state index in [1.54, 1.807) is 0 Å². The van der Waals surface area contributed by atoms with Gasteiger partial charge in [-0.05, 0) is 49.5 Å². The molecule has 0 aromatic carbocycles. The predicted molar refractivity (Wildman–Crippen MR) is 71.9 cm³/mol. The van der Waals surface area contributed by atoms with Crippen LogP contribution in [-0.2, 0) is 0 Å². The molecule has 3 aliphatic rings. The number of carbonyl (C=O) groups is 1. The molecular weight excluding hydrogens is 242 g/mol. The monoisotopic (exact) mass is 263 g/mol. The molecule has 2 fully saturated rings. The number of aliphatic hydroxyl groups is 1. The lowest BCUT2D eigenvalue weighted by Gasteiger charge is -2.19. The van der Waals surface area contributed by atoms with Crippen LogP contribution in [0.4, 0.5) is 4.79 Å². The molecule has 1 spiro atoms. The molecule has 4 nitrogen and oxygen atoms in total. The van der Waals surface area contributed by atoms with Gasteiger partial charge in [-0.1, -0.05) is 17.7 Å². The molecule has 0 radical (unpaired) electrons. The number of likely N-dealkylation sites (tertiary alicyclic amines) is 1. The van der Waals surface area contributed by atoms with Gasteiger partial charge in [-0.2, -0.15) is 0 Å². The summed E-state index contributed by atoms with van der Waals surface area (Å²) in [5, 5.41) is 18.3. The minimum atomic E-state index is -0.933. The van der Waals surface area contributed by atoms with Crippen LogP contribution in [0.3, 0.4) is 0 Å². The molecule has 0 aromatic rings. The number of aliphatic hydroxyl groups excluding tert-OH is 1. The van der Waals surface area contributed by atoms with Crippen LogP contribution in [0.2, 0.25) is 0 Å². The lowest BCUT2D eigenvalue weighted by Crippen LogP contribution is -2.36. The van der Waals surface area contributed by atoms with Crippen LogP contribution in [0.1, 0.15) is 38.5 Å². The number of allylic oxidation sites excluding steroid dienone is 3. The smallest absolute Gasteiger partial charge is 0.407 e. The molecule has 2 N–H and O–H groups in total. The van der Waals surface area contributed by atoms with Gasteiger partial charge in [0.15, 0.2) is 0 Å². The molecule has 3 rings (SSSR count). The number of rotatable bonds is 2. The van der Waals surface area contributed by atoms with Crippen molar-refractivity contribution in [3.8, 4) is 0 Å². The maximum atomic E-state index is 11.1. The Labute approximate surface area is 113 Å². The van der Waals surface area contributed by atoms with E-state index in [9.17, 15) is 9.90 Å². The Kier molecular flexibility index (Phi) is 3.13. The molecule has 0 bridgehead atoms. The van der Waals surface area contributed by atoms with E-state index in [1.807, 2.05) is 0 Å². The maximum Gasteiger partial charge on any atom is 0.407 e. The molecule has 4 heteroatoms. The maximum absolute atomic E-state index is 11.1. The van der Waals surface area contributed by atoms with Crippen molar-refractivity contribution in [1.29, 1.82) is 0 Å². The highest BCUT2D eigenvalue weighted by Crippen LogP contribution is 2.55. The van der Waals surface area contributed by atoms with E-state index in [4.69, 9.17) is 5.11 Å². The summed E-state index contributed by atoms with van der Waals surface area (Å²) in [4.78, 5) is 12.4. The quantitative estimate of drug-likeness (QED) is 0.805. The third-order valence-electron chi connectivity index (χ3n) is 4.86. The SMILES string of the molecule is O=C(O)N1C/C(=C\C2=CCC3(CC2)CC3)C[C@H]1CO. The first-order chi connectivity index (χ1) is 9.12. The Balaban J connectivity index is 1.68. The van der Waals surface area contributed by atoms with Crippen LogP contribution in [0.25, 0.3) is 0 Å². The highest BCUT2D eigenvalue weighted by atomic mass is 16.4. The van der Waals surface area contributed by atoms with Gasteiger partial charge in [-0.15, -0.1) is 0 Å². The normalized spacial score (nSPS) is 30.8. The van der Waals surface area contributed by atoms with Gasteiger partial charge in [0.1, 0.15) is 0 Å². The summed E-state index contributed by atoms with van der Waals surface area (Å²) in [7, 11) is 0. The number of nitrogens with zero attached hydrogens (tertiary/aromatic N) is 1. The first-order valence-electron chi connectivity index (χ1n) is 7.11. The fourth-order valence-electron chi connectivity index (χ4n) is 3.30. The van der Waals surface area contributed by atoms with Crippen molar-refractivity contribution >= 4 is 6.09 Å². The molecule has 1 atom stereocenters. The average molecular weight is 263 g/mol. The molecule has 0 aromatic heterocycles. The van der Waals surface area contributed by atoms with Crippen molar-refractivity contribution < 1.29 is 15.0 Å². The van der Waals surface area contributed by atoms with Gasteiger partial charge in [0, 0.05) is 6.54 Å². The minimum Gasteiger partial charge on any atom is -0.465 e. The Morgan fingerprint density at radius 3 is 2.74 bits per heavy atom. The van der Waals surface area contributed by atoms with Gasteiger partial charge in [0.2, 0.25) is 0 Å². The first-order valence-corrected chi connectivity index (χ1v) is 7.11. The number of amides is 1. The number of hydrogen-bond donors (Lipinski definition) is 2.